The maximum atomic E-state index is 5.67. The van der Waals surface area contributed by atoms with E-state index in [0.717, 1.165) is 23.5 Å². The highest BCUT2D eigenvalue weighted by molar-refractivity contribution is 5.85. The highest BCUT2D eigenvalue weighted by Crippen LogP contribution is 2.34. The quantitative estimate of drug-likeness (QED) is 0.886. The largest absolute Gasteiger partial charge is 0.494 e. The molecular weight excluding hydrogens is 226 g/mol. The Kier molecular flexibility index (Phi) is 4.44. The molecule has 0 bridgehead atoms. The Morgan fingerprint density at radius 1 is 1.50 bits per heavy atom. The molecule has 1 aliphatic heterocycles. The van der Waals surface area contributed by atoms with Gasteiger partial charge in [0.05, 0.1) is 6.61 Å². The summed E-state index contributed by atoms with van der Waals surface area (Å²) in [5.74, 6) is 1.86. The molecule has 4 heteroatoms. The molecule has 0 aliphatic carbocycles. The molecule has 0 spiro atoms. The lowest BCUT2D eigenvalue weighted by Gasteiger charge is -2.10. The van der Waals surface area contributed by atoms with Gasteiger partial charge in [-0.2, -0.15) is 0 Å². The van der Waals surface area contributed by atoms with E-state index in [1.54, 1.807) is 0 Å². The van der Waals surface area contributed by atoms with Gasteiger partial charge in [-0.15, -0.1) is 12.4 Å². The van der Waals surface area contributed by atoms with Gasteiger partial charge in [0.25, 0.3) is 0 Å². The van der Waals surface area contributed by atoms with Gasteiger partial charge in [-0.25, -0.2) is 0 Å². The molecule has 1 aromatic rings. The van der Waals surface area contributed by atoms with Crippen molar-refractivity contribution in [3.63, 3.8) is 0 Å². The first-order valence-electron chi connectivity index (χ1n) is 5.40. The van der Waals surface area contributed by atoms with Crippen molar-refractivity contribution < 1.29 is 9.47 Å². The molecule has 0 aromatic heterocycles. The first-order valence-corrected chi connectivity index (χ1v) is 5.40. The van der Waals surface area contributed by atoms with Crippen LogP contribution in [0.3, 0.4) is 0 Å². The molecule has 0 amide bonds. The van der Waals surface area contributed by atoms with E-state index < -0.39 is 0 Å². The number of hydrogen-bond acceptors (Lipinski definition) is 3. The molecule has 0 radical (unpaired) electrons. The smallest absolute Gasteiger partial charge is 0.124 e. The summed E-state index contributed by atoms with van der Waals surface area (Å²) in [7, 11) is 0. The number of ether oxygens (including phenoxy) is 2. The van der Waals surface area contributed by atoms with Crippen molar-refractivity contribution >= 4 is 12.4 Å². The van der Waals surface area contributed by atoms with Crippen LogP contribution in [0.1, 0.15) is 25.0 Å². The van der Waals surface area contributed by atoms with Crippen LogP contribution in [0.5, 0.6) is 11.5 Å². The van der Waals surface area contributed by atoms with Crippen molar-refractivity contribution in [2.24, 2.45) is 5.73 Å². The molecule has 0 saturated carbocycles. The van der Waals surface area contributed by atoms with Gasteiger partial charge in [0.2, 0.25) is 0 Å². The zero-order chi connectivity index (χ0) is 10.8. The Balaban J connectivity index is 0.00000128. The van der Waals surface area contributed by atoms with Crippen molar-refractivity contribution in [2.45, 2.75) is 32.9 Å². The van der Waals surface area contributed by atoms with E-state index in [1.165, 1.54) is 5.56 Å². The van der Waals surface area contributed by atoms with Crippen molar-refractivity contribution in [3.8, 4) is 11.5 Å². The molecule has 2 N–H and O–H groups in total. The van der Waals surface area contributed by atoms with E-state index in [9.17, 15) is 0 Å². The van der Waals surface area contributed by atoms with Crippen LogP contribution in [-0.2, 0) is 13.0 Å². The number of rotatable bonds is 3. The van der Waals surface area contributed by atoms with Gasteiger partial charge in [0, 0.05) is 24.1 Å². The standard InChI is InChI=1S/C12H17NO2.ClH/c1-3-14-11-5-9-4-8(2)15-12(9)6-10(11)7-13;/h5-6,8H,3-4,7,13H2,1-2H3;1H/t8-;/m1./s1. The number of fused-ring (bicyclic) bond motifs is 1. The summed E-state index contributed by atoms with van der Waals surface area (Å²) in [6.45, 7) is 5.21. The molecule has 90 valence electrons. The minimum absolute atomic E-state index is 0. The molecule has 16 heavy (non-hydrogen) atoms. The molecule has 1 aliphatic rings. The second kappa shape index (κ2) is 5.41. The summed E-state index contributed by atoms with van der Waals surface area (Å²) in [4.78, 5) is 0. The topological polar surface area (TPSA) is 44.5 Å². The van der Waals surface area contributed by atoms with Crippen LogP contribution in [0.4, 0.5) is 0 Å². The Hall–Kier alpha value is -0.930. The van der Waals surface area contributed by atoms with E-state index in [0.29, 0.717) is 13.2 Å². The van der Waals surface area contributed by atoms with E-state index in [1.807, 2.05) is 13.0 Å². The maximum absolute atomic E-state index is 5.67. The lowest BCUT2D eigenvalue weighted by molar-refractivity contribution is 0.254. The maximum Gasteiger partial charge on any atom is 0.124 e. The van der Waals surface area contributed by atoms with Gasteiger partial charge in [-0.1, -0.05) is 0 Å². The van der Waals surface area contributed by atoms with Crippen molar-refractivity contribution in [1.29, 1.82) is 0 Å². The molecule has 0 unspecified atom stereocenters. The van der Waals surface area contributed by atoms with Crippen LogP contribution in [0.15, 0.2) is 12.1 Å². The average Bonchev–Trinajstić information content (AvgIpc) is 2.56. The minimum atomic E-state index is 0. The van der Waals surface area contributed by atoms with Gasteiger partial charge in [-0.3, -0.25) is 0 Å². The summed E-state index contributed by atoms with van der Waals surface area (Å²) in [6.07, 6.45) is 1.22. The Bertz CT molecular complexity index is 368. The summed E-state index contributed by atoms with van der Waals surface area (Å²) >= 11 is 0. The Labute approximate surface area is 102 Å². The summed E-state index contributed by atoms with van der Waals surface area (Å²) in [5, 5.41) is 0. The monoisotopic (exact) mass is 243 g/mol. The third-order valence-corrected chi connectivity index (χ3v) is 2.60. The number of halogens is 1. The average molecular weight is 244 g/mol. The lowest BCUT2D eigenvalue weighted by atomic mass is 10.1. The van der Waals surface area contributed by atoms with E-state index in [2.05, 4.69) is 13.0 Å². The van der Waals surface area contributed by atoms with Crippen LogP contribution in [0.25, 0.3) is 0 Å². The van der Waals surface area contributed by atoms with Crippen LogP contribution >= 0.6 is 12.4 Å². The van der Waals surface area contributed by atoms with E-state index in [-0.39, 0.29) is 18.5 Å². The highest BCUT2D eigenvalue weighted by atomic mass is 35.5. The normalized spacial score (nSPS) is 17.3. The van der Waals surface area contributed by atoms with Crippen LogP contribution in [0.2, 0.25) is 0 Å². The van der Waals surface area contributed by atoms with Crippen molar-refractivity contribution in [2.75, 3.05) is 6.61 Å². The minimum Gasteiger partial charge on any atom is -0.494 e. The molecule has 0 fully saturated rings. The number of nitrogens with two attached hydrogens (primary N) is 1. The first kappa shape index (κ1) is 13.1. The molecule has 1 heterocycles. The SMILES string of the molecule is CCOc1cc2c(cc1CN)O[C@H](C)C2.Cl. The van der Waals surface area contributed by atoms with E-state index in [4.69, 9.17) is 15.2 Å². The first-order chi connectivity index (χ1) is 7.24. The predicted octanol–water partition coefficient (Wildman–Crippen LogP) is 2.29. The molecule has 1 atom stereocenters. The van der Waals surface area contributed by atoms with Crippen LogP contribution < -0.4 is 15.2 Å². The molecular formula is C12H18ClNO2. The third-order valence-electron chi connectivity index (χ3n) is 2.60. The zero-order valence-corrected chi connectivity index (χ0v) is 10.5. The number of hydrogen-bond donors (Lipinski definition) is 1. The predicted molar refractivity (Wildman–Crippen MR) is 66.5 cm³/mol. The Morgan fingerprint density at radius 3 is 2.88 bits per heavy atom. The third kappa shape index (κ3) is 2.42. The summed E-state index contributed by atoms with van der Waals surface area (Å²) in [6, 6.07) is 4.06. The fraction of sp³-hybridized carbons (Fsp3) is 0.500. The van der Waals surface area contributed by atoms with Crippen molar-refractivity contribution in [3.05, 3.63) is 23.3 Å². The number of benzene rings is 1. The fourth-order valence-corrected chi connectivity index (χ4v) is 1.93. The van der Waals surface area contributed by atoms with Crippen molar-refractivity contribution in [1.82, 2.24) is 0 Å². The fourth-order valence-electron chi connectivity index (χ4n) is 1.93. The van der Waals surface area contributed by atoms with Gasteiger partial charge in [0.1, 0.15) is 17.6 Å². The molecule has 1 aromatic carbocycles. The van der Waals surface area contributed by atoms with Crippen LogP contribution in [0, 0.1) is 0 Å². The van der Waals surface area contributed by atoms with Gasteiger partial charge < -0.3 is 15.2 Å². The van der Waals surface area contributed by atoms with Gasteiger partial charge >= 0.3 is 0 Å². The Morgan fingerprint density at radius 2 is 2.25 bits per heavy atom. The van der Waals surface area contributed by atoms with Gasteiger partial charge in [-0.05, 0) is 26.0 Å². The molecule has 3 nitrogen and oxygen atoms in total. The van der Waals surface area contributed by atoms with Crippen LogP contribution in [-0.4, -0.2) is 12.7 Å². The zero-order valence-electron chi connectivity index (χ0n) is 9.66. The van der Waals surface area contributed by atoms with E-state index >= 15 is 0 Å². The summed E-state index contributed by atoms with van der Waals surface area (Å²) in [5.41, 5.74) is 7.92. The lowest BCUT2D eigenvalue weighted by Crippen LogP contribution is -2.05. The molecule has 2 rings (SSSR count). The summed E-state index contributed by atoms with van der Waals surface area (Å²) < 4.78 is 11.2. The van der Waals surface area contributed by atoms with Gasteiger partial charge in [0.15, 0.2) is 0 Å². The second-order valence-electron chi connectivity index (χ2n) is 3.84. The highest BCUT2D eigenvalue weighted by Gasteiger charge is 2.21. The molecule has 0 saturated heterocycles. The second-order valence-corrected chi connectivity index (χ2v) is 3.84.